The highest BCUT2D eigenvalue weighted by molar-refractivity contribution is 6.09. The van der Waals surface area contributed by atoms with Crippen molar-refractivity contribution in [3.05, 3.63) is 96.6 Å². The SMILES string of the molecule is C=Cc1cccc(OC(=O)c2cccc3cc4ccccc4cc23)c1. The lowest BCUT2D eigenvalue weighted by molar-refractivity contribution is 0.0737. The number of hydrogen-bond donors (Lipinski definition) is 0. The van der Waals surface area contributed by atoms with E-state index in [0.29, 0.717) is 11.3 Å². The molecule has 0 aromatic heterocycles. The summed E-state index contributed by atoms with van der Waals surface area (Å²) in [5.41, 5.74) is 1.47. The fourth-order valence-corrected chi connectivity index (χ4v) is 3.01. The van der Waals surface area contributed by atoms with E-state index < -0.39 is 0 Å². The Kier molecular flexibility index (Phi) is 3.79. The molecular formula is C23H16O2. The molecule has 25 heavy (non-hydrogen) atoms. The molecule has 0 saturated carbocycles. The molecule has 4 aromatic rings. The number of esters is 1. The van der Waals surface area contributed by atoms with Crippen LogP contribution in [0.2, 0.25) is 0 Å². The minimum Gasteiger partial charge on any atom is -0.423 e. The number of carbonyl (C=O) groups excluding carboxylic acids is 1. The summed E-state index contributed by atoms with van der Waals surface area (Å²) in [6.45, 7) is 3.74. The standard InChI is InChI=1S/C23H16O2/c1-2-16-7-5-11-20(13-16)25-23(24)21-12-6-10-19-14-17-8-3-4-9-18(17)15-22(19)21/h2-15H,1H2. The molecule has 0 aliphatic carbocycles. The van der Waals surface area contributed by atoms with Crippen LogP contribution in [-0.4, -0.2) is 5.97 Å². The van der Waals surface area contributed by atoms with Gasteiger partial charge in [-0.2, -0.15) is 0 Å². The summed E-state index contributed by atoms with van der Waals surface area (Å²) in [4.78, 5) is 12.7. The van der Waals surface area contributed by atoms with Crippen LogP contribution in [0.5, 0.6) is 5.75 Å². The summed E-state index contributed by atoms with van der Waals surface area (Å²) >= 11 is 0. The van der Waals surface area contributed by atoms with Crippen LogP contribution in [0.1, 0.15) is 15.9 Å². The minimum atomic E-state index is -0.359. The third kappa shape index (κ3) is 2.90. The second-order valence-electron chi connectivity index (χ2n) is 5.89. The predicted octanol–water partition coefficient (Wildman–Crippen LogP) is 5.86. The van der Waals surface area contributed by atoms with Crippen LogP contribution in [0.3, 0.4) is 0 Å². The third-order valence-corrected chi connectivity index (χ3v) is 4.27. The van der Waals surface area contributed by atoms with E-state index in [1.165, 1.54) is 0 Å². The van der Waals surface area contributed by atoms with E-state index in [4.69, 9.17) is 4.74 Å². The maximum absolute atomic E-state index is 12.7. The molecule has 0 saturated heterocycles. The number of ether oxygens (including phenoxy) is 1. The molecule has 0 unspecified atom stereocenters. The van der Waals surface area contributed by atoms with Gasteiger partial charge in [0.25, 0.3) is 0 Å². The van der Waals surface area contributed by atoms with Gasteiger partial charge in [-0.25, -0.2) is 4.79 Å². The molecule has 0 spiro atoms. The van der Waals surface area contributed by atoms with Crippen LogP contribution in [-0.2, 0) is 0 Å². The van der Waals surface area contributed by atoms with Crippen LogP contribution in [0.4, 0.5) is 0 Å². The lowest BCUT2D eigenvalue weighted by Gasteiger charge is -2.09. The predicted molar refractivity (Wildman–Crippen MR) is 103 cm³/mol. The monoisotopic (exact) mass is 324 g/mol. The van der Waals surface area contributed by atoms with Crippen LogP contribution >= 0.6 is 0 Å². The highest BCUT2D eigenvalue weighted by Gasteiger charge is 2.13. The Morgan fingerprint density at radius 2 is 1.52 bits per heavy atom. The fraction of sp³-hybridized carbons (Fsp3) is 0. The van der Waals surface area contributed by atoms with Gasteiger partial charge in [-0.15, -0.1) is 0 Å². The van der Waals surface area contributed by atoms with Crippen molar-refractivity contribution in [1.82, 2.24) is 0 Å². The number of hydrogen-bond acceptors (Lipinski definition) is 2. The highest BCUT2D eigenvalue weighted by Crippen LogP contribution is 2.26. The zero-order chi connectivity index (χ0) is 17.2. The molecule has 0 aliphatic heterocycles. The largest absolute Gasteiger partial charge is 0.423 e. The summed E-state index contributed by atoms with van der Waals surface area (Å²) in [6, 6.07) is 25.3. The van der Waals surface area contributed by atoms with E-state index in [2.05, 4.69) is 18.7 Å². The maximum atomic E-state index is 12.7. The zero-order valence-electron chi connectivity index (χ0n) is 13.6. The van der Waals surface area contributed by atoms with Crippen molar-refractivity contribution in [1.29, 1.82) is 0 Å². The molecule has 0 radical (unpaired) electrons. The van der Waals surface area contributed by atoms with Crippen molar-refractivity contribution in [2.45, 2.75) is 0 Å². The van der Waals surface area contributed by atoms with E-state index in [9.17, 15) is 4.79 Å². The molecule has 0 bridgehead atoms. The van der Waals surface area contributed by atoms with E-state index in [1.807, 2.05) is 48.5 Å². The first-order chi connectivity index (χ1) is 12.2. The van der Waals surface area contributed by atoms with Gasteiger partial charge in [0.1, 0.15) is 5.75 Å². The smallest absolute Gasteiger partial charge is 0.344 e. The van der Waals surface area contributed by atoms with Gasteiger partial charge >= 0.3 is 5.97 Å². The van der Waals surface area contributed by atoms with Crippen molar-refractivity contribution in [2.24, 2.45) is 0 Å². The number of fused-ring (bicyclic) bond motifs is 2. The van der Waals surface area contributed by atoms with Gasteiger partial charge < -0.3 is 4.74 Å². The van der Waals surface area contributed by atoms with Gasteiger partial charge in [-0.05, 0) is 57.4 Å². The zero-order valence-corrected chi connectivity index (χ0v) is 13.6. The van der Waals surface area contributed by atoms with Crippen molar-refractivity contribution in [3.63, 3.8) is 0 Å². The van der Waals surface area contributed by atoms with Crippen LogP contribution in [0, 0.1) is 0 Å². The van der Waals surface area contributed by atoms with E-state index in [-0.39, 0.29) is 5.97 Å². The molecule has 0 heterocycles. The van der Waals surface area contributed by atoms with Crippen LogP contribution in [0.25, 0.3) is 27.6 Å². The van der Waals surface area contributed by atoms with Gasteiger partial charge in [0, 0.05) is 0 Å². The Balaban J connectivity index is 1.78. The fourth-order valence-electron chi connectivity index (χ4n) is 3.01. The lowest BCUT2D eigenvalue weighted by atomic mass is 10.00. The van der Waals surface area contributed by atoms with E-state index >= 15 is 0 Å². The molecule has 0 fully saturated rings. The van der Waals surface area contributed by atoms with Gasteiger partial charge in [0.2, 0.25) is 0 Å². The molecule has 0 atom stereocenters. The Morgan fingerprint density at radius 3 is 2.32 bits per heavy atom. The summed E-state index contributed by atoms with van der Waals surface area (Å²) in [5.74, 6) is 0.155. The third-order valence-electron chi connectivity index (χ3n) is 4.27. The molecule has 0 aliphatic rings. The number of benzene rings is 4. The summed E-state index contributed by atoms with van der Waals surface area (Å²) in [6.07, 6.45) is 1.72. The number of rotatable bonds is 3. The topological polar surface area (TPSA) is 26.3 Å². The molecule has 2 heteroatoms. The Bertz CT molecular complexity index is 1110. The Hall–Kier alpha value is -3.39. The molecule has 0 N–H and O–H groups in total. The lowest BCUT2D eigenvalue weighted by Crippen LogP contribution is -2.09. The van der Waals surface area contributed by atoms with Crippen molar-refractivity contribution in [2.75, 3.05) is 0 Å². The highest BCUT2D eigenvalue weighted by atomic mass is 16.5. The first kappa shape index (κ1) is 15.2. The van der Waals surface area contributed by atoms with Crippen LogP contribution < -0.4 is 4.74 Å². The minimum absolute atomic E-state index is 0.359. The normalized spacial score (nSPS) is 10.7. The Labute approximate surface area is 146 Å². The van der Waals surface area contributed by atoms with Crippen molar-refractivity contribution < 1.29 is 9.53 Å². The second-order valence-corrected chi connectivity index (χ2v) is 5.89. The average molecular weight is 324 g/mol. The number of carbonyl (C=O) groups is 1. The average Bonchev–Trinajstić information content (AvgIpc) is 2.66. The van der Waals surface area contributed by atoms with Gasteiger partial charge in [0.05, 0.1) is 5.56 Å². The van der Waals surface area contributed by atoms with Crippen LogP contribution in [0.15, 0.2) is 85.4 Å². The van der Waals surface area contributed by atoms with Crippen molar-refractivity contribution >= 4 is 33.6 Å². The summed E-state index contributed by atoms with van der Waals surface area (Å²) < 4.78 is 5.58. The first-order valence-electron chi connectivity index (χ1n) is 8.11. The van der Waals surface area contributed by atoms with E-state index in [1.54, 1.807) is 24.3 Å². The van der Waals surface area contributed by atoms with Gasteiger partial charge in [0.15, 0.2) is 0 Å². The van der Waals surface area contributed by atoms with Crippen molar-refractivity contribution in [3.8, 4) is 5.75 Å². The molecule has 4 aromatic carbocycles. The summed E-state index contributed by atoms with van der Waals surface area (Å²) in [7, 11) is 0. The molecule has 4 rings (SSSR count). The quantitative estimate of drug-likeness (QED) is 0.268. The summed E-state index contributed by atoms with van der Waals surface area (Å²) in [5, 5.41) is 4.17. The second kappa shape index (κ2) is 6.25. The Morgan fingerprint density at radius 1 is 0.800 bits per heavy atom. The van der Waals surface area contributed by atoms with Gasteiger partial charge in [-0.1, -0.05) is 61.2 Å². The molecule has 2 nitrogen and oxygen atoms in total. The first-order valence-corrected chi connectivity index (χ1v) is 8.11. The molecule has 0 amide bonds. The van der Waals surface area contributed by atoms with Gasteiger partial charge in [-0.3, -0.25) is 0 Å². The van der Waals surface area contributed by atoms with E-state index in [0.717, 1.165) is 27.1 Å². The molecule has 120 valence electrons. The molecular weight excluding hydrogens is 308 g/mol. The maximum Gasteiger partial charge on any atom is 0.344 e.